The van der Waals surface area contributed by atoms with Gasteiger partial charge in [-0.3, -0.25) is 4.98 Å². The third-order valence-corrected chi connectivity index (χ3v) is 4.00. The van der Waals surface area contributed by atoms with E-state index in [-0.39, 0.29) is 0 Å². The molecule has 3 N–H and O–H groups in total. The maximum Gasteiger partial charge on any atom is 0.225 e. The number of H-pyrrole nitrogens is 1. The number of hydrogen-bond acceptors (Lipinski definition) is 5. The molecular weight excluding hydrogens is 306 g/mol. The highest BCUT2D eigenvalue weighted by molar-refractivity contribution is 7.71. The van der Waals surface area contributed by atoms with E-state index in [1.165, 1.54) is 57.8 Å². The second-order valence-electron chi connectivity index (χ2n) is 5.97. The Bertz CT molecular complexity index is 461. The van der Waals surface area contributed by atoms with Gasteiger partial charge in [0.25, 0.3) is 0 Å². The molecule has 0 amide bonds. The van der Waals surface area contributed by atoms with Gasteiger partial charge < -0.3 is 10.6 Å². The zero-order valence-electron chi connectivity index (χ0n) is 14.8. The van der Waals surface area contributed by atoms with Crippen molar-refractivity contribution in [2.45, 2.75) is 78.1 Å². The summed E-state index contributed by atoms with van der Waals surface area (Å²) in [6, 6.07) is 0. The van der Waals surface area contributed by atoms with E-state index in [1.807, 2.05) is 6.92 Å². The first kappa shape index (κ1) is 19.9. The van der Waals surface area contributed by atoms with Gasteiger partial charge in [0.1, 0.15) is 0 Å². The van der Waals surface area contributed by atoms with Gasteiger partial charge in [0, 0.05) is 13.1 Å². The molecule has 0 aliphatic heterocycles. The van der Waals surface area contributed by atoms with Crippen LogP contribution in [0.25, 0.3) is 0 Å². The molecule has 1 rings (SSSR count). The fraction of sp³-hybridized carbons (Fsp3) is 0.824. The average Bonchev–Trinajstić information content (AvgIpc) is 2.52. The minimum Gasteiger partial charge on any atom is -0.356 e. The normalized spacial score (nSPS) is 10.7. The summed E-state index contributed by atoms with van der Waals surface area (Å²) < 4.78 is 0.366. The highest BCUT2D eigenvalue weighted by atomic mass is 32.1. The molecule has 1 aromatic rings. The Labute approximate surface area is 146 Å². The summed E-state index contributed by atoms with van der Waals surface area (Å²) in [6.45, 7) is 6.02. The third-order valence-electron chi connectivity index (χ3n) is 3.82. The van der Waals surface area contributed by atoms with Crippen LogP contribution >= 0.6 is 12.2 Å². The number of aromatic nitrogens is 3. The molecule has 0 saturated carbocycles. The molecule has 1 heterocycles. The third kappa shape index (κ3) is 10.3. The lowest BCUT2D eigenvalue weighted by Crippen LogP contribution is -2.09. The molecule has 1 aromatic heterocycles. The Balaban J connectivity index is 2.03. The summed E-state index contributed by atoms with van der Waals surface area (Å²) in [5.41, 5.74) is 0. The predicted molar refractivity (Wildman–Crippen MR) is 102 cm³/mol. The second-order valence-corrected chi connectivity index (χ2v) is 6.33. The van der Waals surface area contributed by atoms with E-state index < -0.39 is 0 Å². The van der Waals surface area contributed by atoms with Crippen molar-refractivity contribution in [3.8, 4) is 0 Å². The lowest BCUT2D eigenvalue weighted by molar-refractivity contribution is 0.559. The van der Waals surface area contributed by atoms with Gasteiger partial charge in [0.05, 0.1) is 0 Å². The molecule has 6 heteroatoms. The van der Waals surface area contributed by atoms with Crippen LogP contribution in [0.1, 0.15) is 78.1 Å². The van der Waals surface area contributed by atoms with E-state index in [1.54, 1.807) is 0 Å². The Hall–Kier alpha value is -1.17. The molecule has 0 aliphatic rings. The highest BCUT2D eigenvalue weighted by Crippen LogP contribution is 2.10. The van der Waals surface area contributed by atoms with Crippen molar-refractivity contribution in [1.29, 1.82) is 0 Å². The van der Waals surface area contributed by atoms with Crippen molar-refractivity contribution in [1.82, 2.24) is 15.0 Å². The van der Waals surface area contributed by atoms with Crippen LogP contribution < -0.4 is 10.6 Å². The predicted octanol–water partition coefficient (Wildman–Crippen LogP) is 5.30. The van der Waals surface area contributed by atoms with Crippen molar-refractivity contribution in [2.24, 2.45) is 0 Å². The highest BCUT2D eigenvalue weighted by Gasteiger charge is 1.99. The lowest BCUT2D eigenvalue weighted by atomic mass is 10.1. The molecule has 23 heavy (non-hydrogen) atoms. The van der Waals surface area contributed by atoms with Crippen LogP contribution in [-0.2, 0) is 0 Å². The fourth-order valence-corrected chi connectivity index (χ4v) is 2.72. The molecule has 5 nitrogen and oxygen atoms in total. The molecule has 132 valence electrons. The van der Waals surface area contributed by atoms with Crippen LogP contribution in [0.5, 0.6) is 0 Å². The maximum atomic E-state index is 5.07. The summed E-state index contributed by atoms with van der Waals surface area (Å²) in [4.78, 5) is 11.4. The van der Waals surface area contributed by atoms with Gasteiger partial charge in [0.15, 0.2) is 0 Å². The maximum absolute atomic E-state index is 5.07. The van der Waals surface area contributed by atoms with Crippen molar-refractivity contribution < 1.29 is 0 Å². The number of nitrogens with one attached hydrogen (secondary N) is 3. The van der Waals surface area contributed by atoms with Crippen LogP contribution in [-0.4, -0.2) is 28.0 Å². The number of aromatic amines is 1. The summed E-state index contributed by atoms with van der Waals surface area (Å²) >= 11 is 5.07. The zero-order chi connectivity index (χ0) is 16.8. The first-order chi connectivity index (χ1) is 11.3. The van der Waals surface area contributed by atoms with Crippen molar-refractivity contribution in [2.75, 3.05) is 23.7 Å². The van der Waals surface area contributed by atoms with Gasteiger partial charge in [0.2, 0.25) is 16.7 Å². The first-order valence-corrected chi connectivity index (χ1v) is 9.63. The molecule has 0 unspecified atom stereocenters. The Morgan fingerprint density at radius 2 is 1.30 bits per heavy atom. The van der Waals surface area contributed by atoms with Gasteiger partial charge in [-0.15, -0.1) is 0 Å². The van der Waals surface area contributed by atoms with Crippen LogP contribution in [0.2, 0.25) is 0 Å². The standard InChI is InChI=1S/C17H33N5S/c1-3-5-6-7-8-9-10-11-12-13-14-19-16-20-15(18-4-2)21-17(23)22-16/h3-14H2,1-2H3,(H3,18,19,20,21,22,23). The quantitative estimate of drug-likeness (QED) is 0.317. The van der Waals surface area contributed by atoms with Crippen LogP contribution in [0.3, 0.4) is 0 Å². The van der Waals surface area contributed by atoms with Crippen molar-refractivity contribution >= 4 is 24.1 Å². The summed E-state index contributed by atoms with van der Waals surface area (Å²) in [6.07, 6.45) is 13.5. The molecule has 0 radical (unpaired) electrons. The van der Waals surface area contributed by atoms with Gasteiger partial charge in [-0.1, -0.05) is 64.7 Å². The monoisotopic (exact) mass is 339 g/mol. The molecule has 0 atom stereocenters. The number of rotatable bonds is 14. The first-order valence-electron chi connectivity index (χ1n) is 9.22. The number of anilines is 2. The summed E-state index contributed by atoms with van der Waals surface area (Å²) in [5.74, 6) is 1.38. The topological polar surface area (TPSA) is 65.6 Å². The minimum atomic E-state index is 0.366. The van der Waals surface area contributed by atoms with E-state index in [4.69, 9.17) is 12.2 Å². The van der Waals surface area contributed by atoms with E-state index in [0.29, 0.717) is 16.7 Å². The van der Waals surface area contributed by atoms with Crippen molar-refractivity contribution in [3.63, 3.8) is 0 Å². The molecular formula is C17H33N5S. The summed E-state index contributed by atoms with van der Waals surface area (Å²) in [7, 11) is 0. The van der Waals surface area contributed by atoms with E-state index >= 15 is 0 Å². The molecule has 0 aliphatic carbocycles. The van der Waals surface area contributed by atoms with Gasteiger partial charge in [-0.05, 0) is 25.6 Å². The largest absolute Gasteiger partial charge is 0.356 e. The van der Waals surface area contributed by atoms with Crippen LogP contribution in [0, 0.1) is 4.77 Å². The number of unbranched alkanes of at least 4 members (excludes halogenated alkanes) is 9. The van der Waals surface area contributed by atoms with Crippen molar-refractivity contribution in [3.05, 3.63) is 4.77 Å². The fourth-order valence-electron chi connectivity index (χ4n) is 2.54. The lowest BCUT2D eigenvalue weighted by Gasteiger charge is -2.08. The zero-order valence-corrected chi connectivity index (χ0v) is 15.6. The van der Waals surface area contributed by atoms with E-state index in [0.717, 1.165) is 19.5 Å². The second kappa shape index (κ2) is 13.3. The van der Waals surface area contributed by atoms with Gasteiger partial charge in [-0.25, -0.2) is 0 Å². The smallest absolute Gasteiger partial charge is 0.225 e. The number of nitrogens with zero attached hydrogens (tertiary/aromatic N) is 2. The molecule has 0 bridgehead atoms. The van der Waals surface area contributed by atoms with Gasteiger partial charge in [-0.2, -0.15) is 9.97 Å². The summed E-state index contributed by atoms with van der Waals surface area (Å²) in [5, 5.41) is 6.41. The number of hydrogen-bond donors (Lipinski definition) is 3. The Morgan fingerprint density at radius 3 is 1.87 bits per heavy atom. The Kier molecular flexibility index (Phi) is 11.5. The SMILES string of the molecule is CCCCCCCCCCCCNc1nc(=S)nc(NCC)[nH]1. The Morgan fingerprint density at radius 1 is 0.783 bits per heavy atom. The molecule has 0 saturated heterocycles. The molecule has 0 aromatic carbocycles. The van der Waals surface area contributed by atoms with Crippen LogP contribution in [0.15, 0.2) is 0 Å². The van der Waals surface area contributed by atoms with E-state index in [9.17, 15) is 0 Å². The molecule has 0 fully saturated rings. The molecule has 0 spiro atoms. The minimum absolute atomic E-state index is 0.366. The van der Waals surface area contributed by atoms with E-state index in [2.05, 4.69) is 32.5 Å². The van der Waals surface area contributed by atoms with Gasteiger partial charge >= 0.3 is 0 Å². The van der Waals surface area contributed by atoms with Crippen LogP contribution in [0.4, 0.5) is 11.9 Å². The average molecular weight is 340 g/mol.